The number of halogens is 2. The molecule has 0 aromatic heterocycles. The van der Waals surface area contributed by atoms with E-state index in [0.717, 1.165) is 0 Å². The van der Waals surface area contributed by atoms with Crippen LogP contribution in [-0.2, 0) is 4.79 Å². The Kier molecular flexibility index (Phi) is 5.38. The second-order valence-electron chi connectivity index (χ2n) is 3.76. The Morgan fingerprint density at radius 3 is 2.39 bits per heavy atom. The summed E-state index contributed by atoms with van der Waals surface area (Å²) in [5, 5.41) is 3.09. The first-order chi connectivity index (χ1) is 8.47. The predicted molar refractivity (Wildman–Crippen MR) is 73.2 cm³/mol. The summed E-state index contributed by atoms with van der Waals surface area (Å²) in [5.74, 6) is -0.612. The number of Topliss-reactive ketones (excluding diaryl/α,β-unsaturated/α-hetero) is 1. The molecule has 3 nitrogen and oxygen atoms in total. The molecule has 96 valence electrons. The van der Waals surface area contributed by atoms with Crippen LogP contribution in [0.4, 0.5) is 0 Å². The fourth-order valence-electron chi connectivity index (χ4n) is 1.44. The monoisotopic (exact) mass is 285 g/mol. The molecule has 0 unspecified atom stereocenters. The summed E-state index contributed by atoms with van der Waals surface area (Å²) in [6, 6.07) is 4.17. The zero-order valence-electron chi connectivity index (χ0n) is 9.87. The van der Waals surface area contributed by atoms with Gasteiger partial charge in [-0.2, -0.15) is 0 Å². The fourth-order valence-corrected chi connectivity index (χ4v) is 2.01. The molecule has 0 heterocycles. The Labute approximate surface area is 116 Å². The molecule has 5 heteroatoms. The molecule has 18 heavy (non-hydrogen) atoms. The van der Waals surface area contributed by atoms with Crippen LogP contribution in [0.1, 0.15) is 23.7 Å². The van der Waals surface area contributed by atoms with Gasteiger partial charge in [-0.25, -0.2) is 0 Å². The van der Waals surface area contributed by atoms with E-state index in [-0.39, 0.29) is 21.4 Å². The van der Waals surface area contributed by atoms with Crippen LogP contribution in [0.2, 0.25) is 10.0 Å². The smallest absolute Gasteiger partial charge is 0.254 e. The van der Waals surface area contributed by atoms with E-state index in [1.807, 2.05) is 0 Å². The number of carbonyl (C=O) groups excluding carboxylic acids is 2. The summed E-state index contributed by atoms with van der Waals surface area (Å²) in [7, 11) is 0. The van der Waals surface area contributed by atoms with Crippen molar-refractivity contribution in [3.63, 3.8) is 0 Å². The summed E-state index contributed by atoms with van der Waals surface area (Å²) in [6.45, 7) is 4.95. The van der Waals surface area contributed by atoms with Crippen molar-refractivity contribution in [3.8, 4) is 0 Å². The highest BCUT2D eigenvalue weighted by molar-refractivity contribution is 6.39. The fraction of sp³-hybridized carbons (Fsp3) is 0.231. The quantitative estimate of drug-likeness (QED) is 0.844. The van der Waals surface area contributed by atoms with E-state index in [1.54, 1.807) is 24.3 Å². The van der Waals surface area contributed by atoms with Gasteiger partial charge in [0.2, 0.25) is 0 Å². The lowest BCUT2D eigenvalue weighted by Gasteiger charge is -2.15. The van der Waals surface area contributed by atoms with Crippen LogP contribution < -0.4 is 5.32 Å². The number of benzene rings is 1. The van der Waals surface area contributed by atoms with Crippen molar-refractivity contribution in [2.24, 2.45) is 0 Å². The minimum absolute atomic E-state index is 0.147. The van der Waals surface area contributed by atoms with Gasteiger partial charge in [-0.15, -0.1) is 6.58 Å². The van der Waals surface area contributed by atoms with Crippen LogP contribution in [-0.4, -0.2) is 17.7 Å². The molecular weight excluding hydrogens is 273 g/mol. The molecule has 1 atom stereocenters. The number of nitrogens with one attached hydrogen (secondary N) is 1. The van der Waals surface area contributed by atoms with Crippen molar-refractivity contribution in [2.45, 2.75) is 19.4 Å². The van der Waals surface area contributed by atoms with Gasteiger partial charge in [0, 0.05) is 0 Å². The van der Waals surface area contributed by atoms with Crippen LogP contribution >= 0.6 is 23.2 Å². The lowest BCUT2D eigenvalue weighted by atomic mass is 10.1. The van der Waals surface area contributed by atoms with Gasteiger partial charge in [-0.05, 0) is 25.5 Å². The minimum atomic E-state index is -0.609. The first-order valence-electron chi connectivity index (χ1n) is 5.33. The summed E-state index contributed by atoms with van der Waals surface area (Å²) in [6.07, 6.45) is 1.93. The second-order valence-corrected chi connectivity index (χ2v) is 4.57. The number of ketones is 1. The number of hydrogen-bond acceptors (Lipinski definition) is 2. The third-order valence-corrected chi connectivity index (χ3v) is 3.02. The van der Waals surface area contributed by atoms with Crippen LogP contribution in [0.15, 0.2) is 30.9 Å². The molecule has 0 bridgehead atoms. The van der Waals surface area contributed by atoms with E-state index in [9.17, 15) is 9.59 Å². The summed E-state index contributed by atoms with van der Waals surface area (Å²) >= 11 is 11.8. The van der Waals surface area contributed by atoms with Gasteiger partial charge < -0.3 is 5.32 Å². The second kappa shape index (κ2) is 6.57. The zero-order chi connectivity index (χ0) is 13.7. The number of rotatable bonds is 5. The molecule has 1 N–H and O–H groups in total. The molecule has 1 amide bonds. The zero-order valence-corrected chi connectivity index (χ0v) is 11.4. The van der Waals surface area contributed by atoms with Gasteiger partial charge in [0.25, 0.3) is 5.91 Å². The van der Waals surface area contributed by atoms with E-state index in [1.165, 1.54) is 6.92 Å². The maximum absolute atomic E-state index is 12.0. The summed E-state index contributed by atoms with van der Waals surface area (Å²) < 4.78 is 0. The SMILES string of the molecule is C=CC[C@H](NC(=O)c1c(Cl)cccc1Cl)C(C)=O. The third kappa shape index (κ3) is 3.59. The van der Waals surface area contributed by atoms with Gasteiger partial charge >= 0.3 is 0 Å². The highest BCUT2D eigenvalue weighted by Gasteiger charge is 2.20. The maximum Gasteiger partial charge on any atom is 0.254 e. The maximum atomic E-state index is 12.0. The van der Waals surface area contributed by atoms with Crippen molar-refractivity contribution in [3.05, 3.63) is 46.5 Å². The van der Waals surface area contributed by atoms with Crippen molar-refractivity contribution in [1.29, 1.82) is 0 Å². The van der Waals surface area contributed by atoms with E-state index in [0.29, 0.717) is 6.42 Å². The van der Waals surface area contributed by atoms with Gasteiger partial charge in [0.15, 0.2) is 5.78 Å². The Hall–Kier alpha value is -1.32. The van der Waals surface area contributed by atoms with E-state index in [2.05, 4.69) is 11.9 Å². The molecule has 0 fully saturated rings. The van der Waals surface area contributed by atoms with Crippen molar-refractivity contribution in [1.82, 2.24) is 5.32 Å². The highest BCUT2D eigenvalue weighted by Crippen LogP contribution is 2.24. The summed E-state index contributed by atoms with van der Waals surface area (Å²) in [4.78, 5) is 23.4. The van der Waals surface area contributed by atoms with Crippen molar-refractivity contribution in [2.75, 3.05) is 0 Å². The molecule has 0 saturated heterocycles. The van der Waals surface area contributed by atoms with Crippen molar-refractivity contribution >= 4 is 34.9 Å². The van der Waals surface area contributed by atoms with E-state index >= 15 is 0 Å². The third-order valence-electron chi connectivity index (χ3n) is 2.39. The molecule has 0 saturated carbocycles. The van der Waals surface area contributed by atoms with Crippen LogP contribution in [0.25, 0.3) is 0 Å². The van der Waals surface area contributed by atoms with Gasteiger partial charge in [-0.1, -0.05) is 35.3 Å². The molecule has 1 aromatic carbocycles. The number of carbonyl (C=O) groups is 2. The lowest BCUT2D eigenvalue weighted by molar-refractivity contribution is -0.118. The van der Waals surface area contributed by atoms with Crippen LogP contribution in [0, 0.1) is 0 Å². The molecule has 1 rings (SSSR count). The average molecular weight is 286 g/mol. The number of hydrogen-bond donors (Lipinski definition) is 1. The first kappa shape index (κ1) is 14.7. The topological polar surface area (TPSA) is 46.2 Å². The highest BCUT2D eigenvalue weighted by atomic mass is 35.5. The first-order valence-corrected chi connectivity index (χ1v) is 6.09. The van der Waals surface area contributed by atoms with Crippen LogP contribution in [0.5, 0.6) is 0 Å². The molecule has 1 aromatic rings. The van der Waals surface area contributed by atoms with Gasteiger partial charge in [0.05, 0.1) is 21.7 Å². The van der Waals surface area contributed by atoms with Crippen molar-refractivity contribution < 1.29 is 9.59 Å². The predicted octanol–water partition coefficient (Wildman–Crippen LogP) is 3.26. The largest absolute Gasteiger partial charge is 0.342 e. The average Bonchev–Trinajstić information content (AvgIpc) is 2.28. The lowest BCUT2D eigenvalue weighted by Crippen LogP contribution is -2.39. The standard InChI is InChI=1S/C13H13Cl2NO2/c1-3-5-11(8(2)17)16-13(18)12-9(14)6-4-7-10(12)15/h3-4,6-7,11H,1,5H2,2H3,(H,16,18)/t11-/m0/s1. The van der Waals surface area contributed by atoms with E-state index < -0.39 is 11.9 Å². The van der Waals surface area contributed by atoms with Gasteiger partial charge in [0.1, 0.15) is 0 Å². The van der Waals surface area contributed by atoms with Crippen LogP contribution in [0.3, 0.4) is 0 Å². The Morgan fingerprint density at radius 2 is 1.94 bits per heavy atom. The molecule has 0 aliphatic heterocycles. The molecule has 0 radical (unpaired) electrons. The molecule has 0 aliphatic carbocycles. The minimum Gasteiger partial charge on any atom is -0.342 e. The Morgan fingerprint density at radius 1 is 1.39 bits per heavy atom. The molecular formula is C13H13Cl2NO2. The Balaban J connectivity index is 2.94. The number of amides is 1. The molecule has 0 spiro atoms. The van der Waals surface area contributed by atoms with Gasteiger partial charge in [-0.3, -0.25) is 9.59 Å². The molecule has 0 aliphatic rings. The summed E-state index contributed by atoms with van der Waals surface area (Å²) in [5.41, 5.74) is 0.177. The normalized spacial score (nSPS) is 11.7. The van der Waals surface area contributed by atoms with E-state index in [4.69, 9.17) is 23.2 Å². The Bertz CT molecular complexity index is 466.